The zero-order valence-corrected chi connectivity index (χ0v) is 11.4. The van der Waals surface area contributed by atoms with Crippen LogP contribution in [0.2, 0.25) is 0 Å². The third-order valence-electron chi connectivity index (χ3n) is 3.48. The first kappa shape index (κ1) is 14.5. The van der Waals surface area contributed by atoms with Crippen LogP contribution in [0.3, 0.4) is 0 Å². The summed E-state index contributed by atoms with van der Waals surface area (Å²) in [6.07, 6.45) is 3.98. The molecule has 2 nitrogen and oxygen atoms in total. The van der Waals surface area contributed by atoms with Crippen molar-refractivity contribution in [3.05, 3.63) is 35.9 Å². The van der Waals surface area contributed by atoms with E-state index in [1.807, 2.05) is 0 Å². The second-order valence-electron chi connectivity index (χ2n) is 4.59. The number of hydrogen-bond donors (Lipinski definition) is 1. The summed E-state index contributed by atoms with van der Waals surface area (Å²) >= 11 is 0. The molecule has 96 valence electrons. The Morgan fingerprint density at radius 1 is 1.18 bits per heavy atom. The number of benzene rings is 1. The van der Waals surface area contributed by atoms with Crippen molar-refractivity contribution < 1.29 is 0 Å². The Morgan fingerprint density at radius 2 is 1.82 bits per heavy atom. The van der Waals surface area contributed by atoms with Gasteiger partial charge in [-0.1, -0.05) is 30.3 Å². The Balaban J connectivity index is 0.00000144. The van der Waals surface area contributed by atoms with Gasteiger partial charge in [0.1, 0.15) is 0 Å². The van der Waals surface area contributed by atoms with Gasteiger partial charge in [-0.2, -0.15) is 0 Å². The summed E-state index contributed by atoms with van der Waals surface area (Å²) < 4.78 is 0. The first-order valence-electron chi connectivity index (χ1n) is 6.34. The quantitative estimate of drug-likeness (QED) is 0.869. The summed E-state index contributed by atoms with van der Waals surface area (Å²) in [5.74, 6) is 0. The fourth-order valence-corrected chi connectivity index (χ4v) is 2.48. The summed E-state index contributed by atoms with van der Waals surface area (Å²) in [7, 11) is 2.06. The number of likely N-dealkylation sites (tertiary alicyclic amines) is 1. The highest BCUT2D eigenvalue weighted by atomic mass is 35.5. The molecule has 0 aromatic heterocycles. The average Bonchev–Trinajstić information content (AvgIpc) is 2.84. The topological polar surface area (TPSA) is 15.3 Å². The standard InChI is InChI=1S/C14H22N2.ClH/c1-15-14(13-7-3-2-4-8-13)9-12-16-10-5-6-11-16;/h2-4,7-8,14-15H,5-6,9-12H2,1H3;1H. The molecule has 1 N–H and O–H groups in total. The Kier molecular flexibility index (Phi) is 6.56. The maximum absolute atomic E-state index is 3.42. The molecule has 1 aliphatic heterocycles. The van der Waals surface area contributed by atoms with Crippen LogP contribution in [0.4, 0.5) is 0 Å². The van der Waals surface area contributed by atoms with Gasteiger partial charge in [0.15, 0.2) is 0 Å². The van der Waals surface area contributed by atoms with Gasteiger partial charge in [0.2, 0.25) is 0 Å². The van der Waals surface area contributed by atoms with Crippen LogP contribution in [0, 0.1) is 0 Å². The van der Waals surface area contributed by atoms with Crippen molar-refractivity contribution in [2.45, 2.75) is 25.3 Å². The molecule has 0 saturated carbocycles. The molecule has 1 atom stereocenters. The van der Waals surface area contributed by atoms with Crippen LogP contribution in [0.5, 0.6) is 0 Å². The molecule has 1 unspecified atom stereocenters. The Labute approximate surface area is 111 Å². The highest BCUT2D eigenvalue weighted by molar-refractivity contribution is 5.85. The first-order chi connectivity index (χ1) is 7.90. The molecule has 17 heavy (non-hydrogen) atoms. The van der Waals surface area contributed by atoms with Gasteiger partial charge in [0.05, 0.1) is 0 Å². The summed E-state index contributed by atoms with van der Waals surface area (Å²) in [6, 6.07) is 11.2. The van der Waals surface area contributed by atoms with Crippen molar-refractivity contribution in [3.63, 3.8) is 0 Å². The lowest BCUT2D eigenvalue weighted by Crippen LogP contribution is -2.26. The summed E-state index contributed by atoms with van der Waals surface area (Å²) in [6.45, 7) is 3.82. The highest BCUT2D eigenvalue weighted by Gasteiger charge is 2.14. The van der Waals surface area contributed by atoms with Crippen LogP contribution >= 0.6 is 12.4 Å². The van der Waals surface area contributed by atoms with Gasteiger partial charge in [-0.3, -0.25) is 0 Å². The van der Waals surface area contributed by atoms with Crippen LogP contribution in [0.15, 0.2) is 30.3 Å². The molecule has 1 heterocycles. The lowest BCUT2D eigenvalue weighted by molar-refractivity contribution is 0.314. The van der Waals surface area contributed by atoms with Crippen molar-refractivity contribution in [2.24, 2.45) is 0 Å². The summed E-state index contributed by atoms with van der Waals surface area (Å²) in [5, 5.41) is 3.42. The minimum atomic E-state index is 0. The number of halogens is 1. The number of nitrogens with one attached hydrogen (secondary N) is 1. The van der Waals surface area contributed by atoms with Gasteiger partial charge >= 0.3 is 0 Å². The monoisotopic (exact) mass is 254 g/mol. The van der Waals surface area contributed by atoms with Gasteiger partial charge in [-0.05, 0) is 51.5 Å². The van der Waals surface area contributed by atoms with E-state index in [2.05, 4.69) is 47.6 Å². The Hall–Kier alpha value is -0.570. The van der Waals surface area contributed by atoms with Crippen LogP contribution in [0.25, 0.3) is 0 Å². The minimum Gasteiger partial charge on any atom is -0.313 e. The first-order valence-corrected chi connectivity index (χ1v) is 6.34. The molecule has 0 amide bonds. The van der Waals surface area contributed by atoms with E-state index >= 15 is 0 Å². The van der Waals surface area contributed by atoms with Gasteiger partial charge in [0.25, 0.3) is 0 Å². The smallest absolute Gasteiger partial charge is 0.0329 e. The average molecular weight is 255 g/mol. The summed E-state index contributed by atoms with van der Waals surface area (Å²) in [5.41, 5.74) is 1.41. The Bertz CT molecular complexity index is 296. The minimum absolute atomic E-state index is 0. The number of rotatable bonds is 5. The molecular formula is C14H23ClN2. The van der Waals surface area contributed by atoms with Crippen molar-refractivity contribution in [1.29, 1.82) is 0 Å². The van der Waals surface area contributed by atoms with Crippen LogP contribution in [-0.2, 0) is 0 Å². The second-order valence-corrected chi connectivity index (χ2v) is 4.59. The fraction of sp³-hybridized carbons (Fsp3) is 0.571. The normalized spacial score (nSPS) is 17.7. The molecule has 0 spiro atoms. The fourth-order valence-electron chi connectivity index (χ4n) is 2.48. The Morgan fingerprint density at radius 3 is 2.41 bits per heavy atom. The van der Waals surface area contributed by atoms with Gasteiger partial charge in [-0.15, -0.1) is 12.4 Å². The maximum Gasteiger partial charge on any atom is 0.0329 e. The third-order valence-corrected chi connectivity index (χ3v) is 3.48. The van der Waals surface area contributed by atoms with Crippen molar-refractivity contribution in [1.82, 2.24) is 10.2 Å². The third kappa shape index (κ3) is 4.30. The van der Waals surface area contributed by atoms with Crippen molar-refractivity contribution in [2.75, 3.05) is 26.7 Å². The lowest BCUT2D eigenvalue weighted by atomic mass is 10.0. The van der Waals surface area contributed by atoms with Gasteiger partial charge in [-0.25, -0.2) is 0 Å². The molecule has 1 saturated heterocycles. The number of nitrogens with zero attached hydrogens (tertiary/aromatic N) is 1. The van der Waals surface area contributed by atoms with E-state index in [9.17, 15) is 0 Å². The van der Waals surface area contributed by atoms with E-state index < -0.39 is 0 Å². The van der Waals surface area contributed by atoms with Crippen molar-refractivity contribution in [3.8, 4) is 0 Å². The molecular weight excluding hydrogens is 232 g/mol. The predicted octanol–water partition coefficient (Wildman–Crippen LogP) is 2.85. The zero-order valence-electron chi connectivity index (χ0n) is 10.6. The molecule has 3 heteroatoms. The van der Waals surface area contributed by atoms with Crippen LogP contribution in [-0.4, -0.2) is 31.6 Å². The molecule has 0 aliphatic carbocycles. The van der Waals surface area contributed by atoms with E-state index in [0.29, 0.717) is 6.04 Å². The summed E-state index contributed by atoms with van der Waals surface area (Å²) in [4.78, 5) is 2.58. The van der Waals surface area contributed by atoms with E-state index in [-0.39, 0.29) is 12.4 Å². The largest absolute Gasteiger partial charge is 0.313 e. The van der Waals surface area contributed by atoms with Crippen LogP contribution in [0.1, 0.15) is 30.9 Å². The van der Waals surface area contributed by atoms with E-state index in [1.165, 1.54) is 44.5 Å². The lowest BCUT2D eigenvalue weighted by Gasteiger charge is -2.21. The molecule has 0 bridgehead atoms. The molecule has 1 fully saturated rings. The van der Waals surface area contributed by atoms with E-state index in [4.69, 9.17) is 0 Å². The SMILES string of the molecule is CNC(CCN1CCCC1)c1ccccc1.Cl. The maximum atomic E-state index is 3.42. The number of hydrogen-bond acceptors (Lipinski definition) is 2. The highest BCUT2D eigenvalue weighted by Crippen LogP contribution is 2.17. The molecule has 0 radical (unpaired) electrons. The molecule has 1 aromatic rings. The van der Waals surface area contributed by atoms with Crippen LogP contribution < -0.4 is 5.32 Å². The molecule has 1 aliphatic rings. The molecule has 1 aromatic carbocycles. The van der Waals surface area contributed by atoms with Gasteiger partial charge in [0, 0.05) is 6.04 Å². The predicted molar refractivity (Wildman–Crippen MR) is 75.8 cm³/mol. The van der Waals surface area contributed by atoms with Gasteiger partial charge < -0.3 is 10.2 Å². The van der Waals surface area contributed by atoms with E-state index in [0.717, 1.165) is 0 Å². The second kappa shape index (κ2) is 7.70. The van der Waals surface area contributed by atoms with E-state index in [1.54, 1.807) is 0 Å². The zero-order chi connectivity index (χ0) is 11.2. The molecule has 2 rings (SSSR count). The van der Waals surface area contributed by atoms with Crippen molar-refractivity contribution >= 4 is 12.4 Å².